The van der Waals surface area contributed by atoms with Crippen molar-refractivity contribution in [2.24, 2.45) is 5.92 Å². The molecule has 1 aromatic carbocycles. The van der Waals surface area contributed by atoms with Gasteiger partial charge in [0.1, 0.15) is 4.90 Å². The molecule has 2 rings (SSSR count). The fourth-order valence-electron chi connectivity index (χ4n) is 2.57. The van der Waals surface area contributed by atoms with Gasteiger partial charge < -0.3 is 5.32 Å². The van der Waals surface area contributed by atoms with Gasteiger partial charge in [0, 0.05) is 13.1 Å². The molecule has 21 heavy (non-hydrogen) atoms. The number of benzene rings is 1. The Hall–Kier alpha value is -0.690. The third-order valence-corrected chi connectivity index (χ3v) is 6.06. The second-order valence-electron chi connectivity index (χ2n) is 5.20. The zero-order chi connectivity index (χ0) is 15.5. The van der Waals surface area contributed by atoms with Crippen LogP contribution in [-0.2, 0) is 10.0 Å². The van der Waals surface area contributed by atoms with Crippen LogP contribution in [0, 0.1) is 11.7 Å². The van der Waals surface area contributed by atoms with Gasteiger partial charge in [-0.1, -0.05) is 24.6 Å². The number of halogens is 2. The van der Waals surface area contributed by atoms with E-state index < -0.39 is 15.8 Å². The van der Waals surface area contributed by atoms with E-state index in [1.165, 1.54) is 22.5 Å². The number of hydrogen-bond acceptors (Lipinski definition) is 3. The van der Waals surface area contributed by atoms with Crippen LogP contribution in [0.25, 0.3) is 0 Å². The van der Waals surface area contributed by atoms with E-state index in [1.807, 2.05) is 0 Å². The molecule has 0 amide bonds. The van der Waals surface area contributed by atoms with Crippen molar-refractivity contribution in [3.63, 3.8) is 0 Å². The van der Waals surface area contributed by atoms with Gasteiger partial charge in [-0.25, -0.2) is 12.8 Å². The molecule has 1 aromatic rings. The molecule has 0 unspecified atom stereocenters. The van der Waals surface area contributed by atoms with Crippen molar-refractivity contribution in [1.82, 2.24) is 9.62 Å². The Morgan fingerprint density at radius 3 is 2.67 bits per heavy atom. The van der Waals surface area contributed by atoms with Gasteiger partial charge in [-0.05, 0) is 44.0 Å². The van der Waals surface area contributed by atoms with E-state index in [-0.39, 0.29) is 9.92 Å². The Labute approximate surface area is 130 Å². The summed E-state index contributed by atoms with van der Waals surface area (Å²) in [6.45, 7) is 4.30. The van der Waals surface area contributed by atoms with Crippen LogP contribution in [-0.4, -0.2) is 38.9 Å². The highest BCUT2D eigenvalue weighted by Gasteiger charge is 2.29. The maximum atomic E-state index is 14.0. The topological polar surface area (TPSA) is 49.4 Å². The van der Waals surface area contributed by atoms with Gasteiger partial charge in [0.15, 0.2) is 5.82 Å². The third-order valence-electron chi connectivity index (χ3n) is 3.81. The molecular formula is C14H20ClFN2O2S. The van der Waals surface area contributed by atoms with Crippen LogP contribution in [0.2, 0.25) is 5.02 Å². The molecule has 7 heteroatoms. The first-order chi connectivity index (χ1) is 9.96. The quantitative estimate of drug-likeness (QED) is 0.900. The second-order valence-corrected chi connectivity index (χ2v) is 7.51. The number of piperidine rings is 1. The first kappa shape index (κ1) is 16.7. The molecule has 118 valence electrons. The summed E-state index contributed by atoms with van der Waals surface area (Å²) in [5, 5.41) is 3.08. The van der Waals surface area contributed by atoms with Crippen LogP contribution >= 0.6 is 11.6 Å². The highest BCUT2D eigenvalue weighted by Crippen LogP contribution is 2.26. The first-order valence-electron chi connectivity index (χ1n) is 7.11. The van der Waals surface area contributed by atoms with E-state index in [9.17, 15) is 12.8 Å². The van der Waals surface area contributed by atoms with E-state index in [0.717, 1.165) is 25.9 Å². The summed E-state index contributed by atoms with van der Waals surface area (Å²) in [5.41, 5.74) is 0. The highest BCUT2D eigenvalue weighted by atomic mass is 35.5. The van der Waals surface area contributed by atoms with Crippen molar-refractivity contribution in [2.45, 2.75) is 24.7 Å². The molecule has 1 aliphatic heterocycles. The smallest absolute Gasteiger partial charge is 0.246 e. The number of hydrogen-bond donors (Lipinski definition) is 1. The van der Waals surface area contributed by atoms with Crippen molar-refractivity contribution in [2.75, 3.05) is 26.2 Å². The molecule has 0 saturated carbocycles. The average molecular weight is 335 g/mol. The predicted octanol–water partition coefficient (Wildman–Crippen LogP) is 2.49. The Balaban J connectivity index is 2.24. The van der Waals surface area contributed by atoms with Crippen molar-refractivity contribution in [1.29, 1.82) is 0 Å². The normalized spacial score (nSPS) is 17.3. The van der Waals surface area contributed by atoms with Crippen molar-refractivity contribution in [3.05, 3.63) is 29.0 Å². The minimum absolute atomic E-state index is 0.172. The van der Waals surface area contributed by atoms with Gasteiger partial charge >= 0.3 is 0 Å². The molecule has 0 atom stereocenters. The van der Waals surface area contributed by atoms with Gasteiger partial charge in [-0.3, -0.25) is 0 Å². The average Bonchev–Trinajstić information content (AvgIpc) is 2.48. The fraction of sp³-hybridized carbons (Fsp3) is 0.571. The van der Waals surface area contributed by atoms with E-state index in [4.69, 9.17) is 11.6 Å². The zero-order valence-electron chi connectivity index (χ0n) is 12.0. The van der Waals surface area contributed by atoms with Gasteiger partial charge in [0.05, 0.1) is 5.02 Å². The molecule has 1 heterocycles. The van der Waals surface area contributed by atoms with Gasteiger partial charge in [0.25, 0.3) is 0 Å². The van der Waals surface area contributed by atoms with Crippen LogP contribution in [0.15, 0.2) is 23.1 Å². The van der Waals surface area contributed by atoms with Crippen LogP contribution < -0.4 is 5.32 Å². The van der Waals surface area contributed by atoms with Crippen molar-refractivity contribution < 1.29 is 12.8 Å². The summed E-state index contributed by atoms with van der Waals surface area (Å²) in [6.07, 6.45) is 1.87. The second kappa shape index (κ2) is 7.05. The molecule has 1 saturated heterocycles. The Kier molecular flexibility index (Phi) is 5.60. The minimum atomic E-state index is -3.85. The van der Waals surface area contributed by atoms with Crippen LogP contribution in [0.4, 0.5) is 4.39 Å². The number of nitrogens with one attached hydrogen (secondary N) is 1. The third kappa shape index (κ3) is 3.74. The lowest BCUT2D eigenvalue weighted by molar-refractivity contribution is 0.293. The molecule has 0 bridgehead atoms. The predicted molar refractivity (Wildman–Crippen MR) is 81.4 cm³/mol. The summed E-state index contributed by atoms with van der Waals surface area (Å²) in [6, 6.07) is 4.07. The van der Waals surface area contributed by atoms with E-state index in [2.05, 4.69) is 5.32 Å². The van der Waals surface area contributed by atoms with E-state index in [0.29, 0.717) is 19.0 Å². The first-order valence-corrected chi connectivity index (χ1v) is 8.93. The maximum Gasteiger partial charge on any atom is 0.246 e. The molecule has 1 N–H and O–H groups in total. The highest BCUT2D eigenvalue weighted by molar-refractivity contribution is 7.89. The zero-order valence-corrected chi connectivity index (χ0v) is 13.6. The lowest BCUT2D eigenvalue weighted by Gasteiger charge is -2.29. The maximum absolute atomic E-state index is 14.0. The lowest BCUT2D eigenvalue weighted by Crippen LogP contribution is -2.39. The van der Waals surface area contributed by atoms with Gasteiger partial charge in [-0.15, -0.1) is 0 Å². The van der Waals surface area contributed by atoms with Gasteiger partial charge in [-0.2, -0.15) is 4.31 Å². The Morgan fingerprint density at radius 1 is 1.38 bits per heavy atom. The molecular weight excluding hydrogens is 315 g/mol. The number of sulfonamides is 1. The van der Waals surface area contributed by atoms with Gasteiger partial charge in [0.2, 0.25) is 10.0 Å². The van der Waals surface area contributed by atoms with E-state index in [1.54, 1.807) is 6.92 Å². The largest absolute Gasteiger partial charge is 0.317 e. The molecule has 0 aliphatic carbocycles. The molecule has 1 aliphatic rings. The monoisotopic (exact) mass is 334 g/mol. The van der Waals surface area contributed by atoms with E-state index >= 15 is 0 Å². The molecule has 0 aromatic heterocycles. The summed E-state index contributed by atoms with van der Waals surface area (Å²) in [5.74, 6) is -0.564. The summed E-state index contributed by atoms with van der Waals surface area (Å²) in [7, 11) is -3.85. The number of nitrogens with zero attached hydrogens (tertiary/aromatic N) is 1. The molecule has 1 fully saturated rings. The number of rotatable bonds is 5. The van der Waals surface area contributed by atoms with Crippen molar-refractivity contribution in [3.8, 4) is 0 Å². The lowest BCUT2D eigenvalue weighted by atomic mass is 9.98. The Morgan fingerprint density at radius 2 is 2.05 bits per heavy atom. The summed E-state index contributed by atoms with van der Waals surface area (Å²) >= 11 is 5.69. The molecule has 0 spiro atoms. The molecule has 4 nitrogen and oxygen atoms in total. The van der Waals surface area contributed by atoms with Crippen LogP contribution in [0.1, 0.15) is 19.8 Å². The van der Waals surface area contributed by atoms with Crippen LogP contribution in [0.5, 0.6) is 0 Å². The SMILES string of the molecule is CCN(CC1CCNCC1)S(=O)(=O)c1cccc(Cl)c1F. The standard InChI is InChI=1S/C14H20ClFN2O2S/c1-2-18(10-11-6-8-17-9-7-11)21(19,20)13-5-3-4-12(15)14(13)16/h3-5,11,17H,2,6-10H2,1H3. The Bertz CT molecular complexity index is 589. The minimum Gasteiger partial charge on any atom is -0.317 e. The summed E-state index contributed by atoms with van der Waals surface area (Å²) in [4.78, 5) is -0.342. The summed E-state index contributed by atoms with van der Waals surface area (Å²) < 4.78 is 40.6. The van der Waals surface area contributed by atoms with Crippen molar-refractivity contribution >= 4 is 21.6 Å². The van der Waals surface area contributed by atoms with Crippen LogP contribution in [0.3, 0.4) is 0 Å². The fourth-order valence-corrected chi connectivity index (χ4v) is 4.41. The molecule has 0 radical (unpaired) electrons.